The van der Waals surface area contributed by atoms with E-state index >= 15 is 0 Å². The second kappa shape index (κ2) is 5.70. The van der Waals surface area contributed by atoms with E-state index in [-0.39, 0.29) is 0 Å². The molecule has 0 saturated carbocycles. The van der Waals surface area contributed by atoms with E-state index in [1.54, 1.807) is 16.7 Å². The fourth-order valence-electron chi connectivity index (χ4n) is 1.55. The lowest BCUT2D eigenvalue weighted by molar-refractivity contribution is 0.0684. The van der Waals surface area contributed by atoms with Gasteiger partial charge in [0.2, 0.25) is 0 Å². The monoisotopic (exact) mass is 224 g/mol. The molecule has 16 heavy (non-hydrogen) atoms. The van der Waals surface area contributed by atoms with E-state index in [2.05, 4.69) is 25.8 Å². The van der Waals surface area contributed by atoms with Crippen LogP contribution in [-0.4, -0.2) is 40.2 Å². The van der Waals surface area contributed by atoms with Gasteiger partial charge in [0.05, 0.1) is 0 Å². The van der Waals surface area contributed by atoms with Crippen LogP contribution in [0.4, 0.5) is 0 Å². The van der Waals surface area contributed by atoms with Gasteiger partial charge >= 0.3 is 5.97 Å². The molecule has 0 fully saturated rings. The van der Waals surface area contributed by atoms with Crippen LogP contribution in [0.2, 0.25) is 0 Å². The van der Waals surface area contributed by atoms with Crippen molar-refractivity contribution >= 4 is 5.97 Å². The summed E-state index contributed by atoms with van der Waals surface area (Å²) in [5, 5.41) is 8.92. The second-order valence-corrected chi connectivity index (χ2v) is 4.32. The van der Waals surface area contributed by atoms with Gasteiger partial charge in [0, 0.05) is 18.8 Å². The maximum Gasteiger partial charge on any atom is 0.352 e. The predicted molar refractivity (Wildman–Crippen MR) is 63.8 cm³/mol. The summed E-state index contributed by atoms with van der Waals surface area (Å²) in [6.07, 6.45) is 2.78. The minimum atomic E-state index is -0.859. The van der Waals surface area contributed by atoms with Crippen molar-refractivity contribution in [2.75, 3.05) is 13.6 Å². The molecule has 4 heteroatoms. The molecule has 1 aromatic rings. The molecule has 0 atom stereocenters. The first-order valence-electron chi connectivity index (χ1n) is 5.61. The van der Waals surface area contributed by atoms with Crippen molar-refractivity contribution in [3.63, 3.8) is 0 Å². The number of aryl methyl sites for hydroxylation is 1. The van der Waals surface area contributed by atoms with E-state index in [9.17, 15) is 4.79 Å². The first-order valence-corrected chi connectivity index (χ1v) is 5.61. The number of carbonyl (C=O) groups is 1. The molecule has 0 spiro atoms. The molecular formula is C12H20N2O2. The van der Waals surface area contributed by atoms with Crippen molar-refractivity contribution < 1.29 is 9.90 Å². The Morgan fingerprint density at radius 1 is 1.56 bits per heavy atom. The third-order valence-corrected chi connectivity index (χ3v) is 2.84. The lowest BCUT2D eigenvalue weighted by Crippen LogP contribution is -2.28. The first kappa shape index (κ1) is 12.8. The highest BCUT2D eigenvalue weighted by Crippen LogP contribution is 2.04. The Labute approximate surface area is 96.5 Å². The van der Waals surface area contributed by atoms with Crippen LogP contribution >= 0.6 is 0 Å². The van der Waals surface area contributed by atoms with Gasteiger partial charge in [-0.2, -0.15) is 0 Å². The van der Waals surface area contributed by atoms with Gasteiger partial charge in [0.1, 0.15) is 5.69 Å². The smallest absolute Gasteiger partial charge is 0.352 e. The van der Waals surface area contributed by atoms with Crippen LogP contribution in [-0.2, 0) is 6.54 Å². The average Bonchev–Trinajstić information content (AvgIpc) is 2.65. The summed E-state index contributed by atoms with van der Waals surface area (Å²) in [6, 6.07) is 3.94. The lowest BCUT2D eigenvalue weighted by atomic mass is 10.3. The number of carboxylic acids is 1. The molecule has 0 aliphatic carbocycles. The molecule has 1 heterocycles. The molecular weight excluding hydrogens is 204 g/mol. The molecule has 1 N–H and O–H groups in total. The zero-order chi connectivity index (χ0) is 12.1. The summed E-state index contributed by atoms with van der Waals surface area (Å²) in [5.74, 6) is -0.859. The highest BCUT2D eigenvalue weighted by molar-refractivity contribution is 5.85. The molecule has 0 aliphatic rings. The number of hydrogen-bond donors (Lipinski definition) is 1. The quantitative estimate of drug-likeness (QED) is 0.803. The van der Waals surface area contributed by atoms with E-state index in [0.717, 1.165) is 19.5 Å². The number of carboxylic acid groups (broad SMARTS) is 1. The number of nitrogens with zero attached hydrogens (tertiary/aromatic N) is 2. The number of aromatic nitrogens is 1. The van der Waals surface area contributed by atoms with E-state index in [1.807, 2.05) is 6.20 Å². The zero-order valence-corrected chi connectivity index (χ0v) is 10.2. The van der Waals surface area contributed by atoms with Crippen molar-refractivity contribution in [1.29, 1.82) is 0 Å². The topological polar surface area (TPSA) is 45.5 Å². The fourth-order valence-corrected chi connectivity index (χ4v) is 1.55. The van der Waals surface area contributed by atoms with E-state index in [4.69, 9.17) is 5.11 Å². The molecule has 0 aromatic carbocycles. The highest BCUT2D eigenvalue weighted by atomic mass is 16.4. The Balaban J connectivity index is 2.43. The van der Waals surface area contributed by atoms with Crippen molar-refractivity contribution in [1.82, 2.24) is 9.47 Å². The summed E-state index contributed by atoms with van der Waals surface area (Å²) >= 11 is 0. The van der Waals surface area contributed by atoms with Gasteiger partial charge in [-0.1, -0.05) is 0 Å². The predicted octanol–water partition coefficient (Wildman–Crippen LogP) is 1.92. The second-order valence-electron chi connectivity index (χ2n) is 4.32. The fraction of sp³-hybridized carbons (Fsp3) is 0.583. The highest BCUT2D eigenvalue weighted by Gasteiger charge is 2.08. The molecule has 0 aliphatic heterocycles. The molecule has 0 unspecified atom stereocenters. The first-order chi connectivity index (χ1) is 7.52. The van der Waals surface area contributed by atoms with Gasteiger partial charge in [0.25, 0.3) is 0 Å². The summed E-state index contributed by atoms with van der Waals surface area (Å²) < 4.78 is 1.79. The van der Waals surface area contributed by atoms with Gasteiger partial charge in [-0.3, -0.25) is 0 Å². The van der Waals surface area contributed by atoms with Gasteiger partial charge in [-0.15, -0.1) is 0 Å². The maximum absolute atomic E-state index is 10.9. The molecule has 0 bridgehead atoms. The van der Waals surface area contributed by atoms with Crippen LogP contribution in [0.1, 0.15) is 30.8 Å². The third-order valence-electron chi connectivity index (χ3n) is 2.84. The van der Waals surface area contributed by atoms with Crippen LogP contribution in [0, 0.1) is 0 Å². The average molecular weight is 224 g/mol. The van der Waals surface area contributed by atoms with E-state index in [1.165, 1.54) is 0 Å². The number of aromatic carboxylic acids is 1. The Morgan fingerprint density at radius 2 is 2.25 bits per heavy atom. The Kier molecular flexibility index (Phi) is 4.55. The molecule has 1 rings (SSSR count). The summed E-state index contributed by atoms with van der Waals surface area (Å²) in [6.45, 7) is 6.04. The largest absolute Gasteiger partial charge is 0.477 e. The Bertz CT molecular complexity index is 345. The Morgan fingerprint density at radius 3 is 2.81 bits per heavy atom. The SMILES string of the molecule is CC(C)N(C)CCCn1cccc1C(=O)O. The zero-order valence-electron chi connectivity index (χ0n) is 10.2. The van der Waals surface area contributed by atoms with Gasteiger partial charge in [0.15, 0.2) is 0 Å². The van der Waals surface area contributed by atoms with Crippen LogP contribution in [0.3, 0.4) is 0 Å². The summed E-state index contributed by atoms with van der Waals surface area (Å²) in [4.78, 5) is 13.1. The van der Waals surface area contributed by atoms with Crippen molar-refractivity contribution in [2.24, 2.45) is 0 Å². The minimum absolute atomic E-state index is 0.368. The molecule has 90 valence electrons. The van der Waals surface area contributed by atoms with Gasteiger partial charge in [-0.25, -0.2) is 4.79 Å². The standard InChI is InChI=1S/C12H20N2O2/c1-10(2)13(3)7-5-9-14-8-4-6-11(14)12(15)16/h4,6,8,10H,5,7,9H2,1-3H3,(H,15,16). The Hall–Kier alpha value is -1.29. The maximum atomic E-state index is 10.9. The van der Waals surface area contributed by atoms with Gasteiger partial charge < -0.3 is 14.6 Å². The van der Waals surface area contributed by atoms with Crippen LogP contribution in [0.15, 0.2) is 18.3 Å². The molecule has 4 nitrogen and oxygen atoms in total. The third kappa shape index (κ3) is 3.38. The lowest BCUT2D eigenvalue weighted by Gasteiger charge is -2.20. The summed E-state index contributed by atoms with van der Waals surface area (Å²) in [7, 11) is 2.08. The summed E-state index contributed by atoms with van der Waals surface area (Å²) in [5.41, 5.74) is 0.368. The molecule has 0 radical (unpaired) electrons. The van der Waals surface area contributed by atoms with Crippen LogP contribution in [0.5, 0.6) is 0 Å². The van der Waals surface area contributed by atoms with Crippen molar-refractivity contribution in [3.05, 3.63) is 24.0 Å². The van der Waals surface area contributed by atoms with E-state index in [0.29, 0.717) is 11.7 Å². The number of hydrogen-bond acceptors (Lipinski definition) is 2. The van der Waals surface area contributed by atoms with Crippen LogP contribution in [0.25, 0.3) is 0 Å². The molecule has 0 saturated heterocycles. The van der Waals surface area contributed by atoms with Gasteiger partial charge in [-0.05, 0) is 46.0 Å². The molecule has 1 aromatic heterocycles. The normalized spacial score (nSPS) is 11.3. The van der Waals surface area contributed by atoms with Crippen molar-refractivity contribution in [2.45, 2.75) is 32.9 Å². The number of rotatable bonds is 6. The van der Waals surface area contributed by atoms with Crippen LogP contribution < -0.4 is 0 Å². The van der Waals surface area contributed by atoms with E-state index < -0.39 is 5.97 Å². The molecule has 0 amide bonds. The minimum Gasteiger partial charge on any atom is -0.477 e. The van der Waals surface area contributed by atoms with Crippen molar-refractivity contribution in [3.8, 4) is 0 Å².